The first-order chi connectivity index (χ1) is 10.2. The van der Waals surface area contributed by atoms with Crippen LogP contribution < -0.4 is 5.46 Å². The van der Waals surface area contributed by atoms with Crippen molar-refractivity contribution in [2.24, 2.45) is 0 Å². The third-order valence-electron chi connectivity index (χ3n) is 3.76. The minimum absolute atomic E-state index is 0.0501. The third-order valence-corrected chi connectivity index (χ3v) is 3.76. The minimum Gasteiger partial charge on any atom is -0.431 e. The highest BCUT2D eigenvalue weighted by atomic mass is 19.1. The Kier molecular flexibility index (Phi) is 6.68. The third kappa shape index (κ3) is 5.09. The Balaban J connectivity index is 2.08. The van der Waals surface area contributed by atoms with Gasteiger partial charge in [-0.05, 0) is 49.7 Å². The van der Waals surface area contributed by atoms with E-state index in [1.165, 1.54) is 12.5 Å². The Hall–Kier alpha value is -0.905. The standard InChI is InChI=1S/C16H24BFO3/c1-3-19-13(2)20-12-14-11-15(18)7-8-16(14)17-9-5-4-6-10-21-17/h7-8,11,13H,3-6,9-10,12H2,1-2H3. The maximum absolute atomic E-state index is 13.5. The van der Waals surface area contributed by atoms with Gasteiger partial charge in [-0.1, -0.05) is 18.9 Å². The summed E-state index contributed by atoms with van der Waals surface area (Å²) in [6.07, 6.45) is 4.15. The molecule has 1 unspecified atom stereocenters. The second-order valence-electron chi connectivity index (χ2n) is 5.39. The van der Waals surface area contributed by atoms with E-state index < -0.39 is 0 Å². The summed E-state index contributed by atoms with van der Waals surface area (Å²) in [6, 6.07) is 4.87. The molecule has 0 radical (unpaired) electrons. The molecule has 0 amide bonds. The van der Waals surface area contributed by atoms with Crippen LogP contribution >= 0.6 is 0 Å². The zero-order valence-electron chi connectivity index (χ0n) is 12.9. The van der Waals surface area contributed by atoms with Gasteiger partial charge in [0.1, 0.15) is 5.82 Å². The number of halogens is 1. The van der Waals surface area contributed by atoms with Gasteiger partial charge in [0.2, 0.25) is 0 Å². The summed E-state index contributed by atoms with van der Waals surface area (Å²) in [6.45, 7) is 5.54. The SMILES string of the molecule is CCOC(C)OCc1cc(F)ccc1B1CCCCCO1. The predicted molar refractivity (Wildman–Crippen MR) is 82.3 cm³/mol. The molecule has 0 aromatic heterocycles. The van der Waals surface area contributed by atoms with Gasteiger partial charge in [0.25, 0.3) is 0 Å². The van der Waals surface area contributed by atoms with Crippen molar-refractivity contribution in [3.8, 4) is 0 Å². The second-order valence-corrected chi connectivity index (χ2v) is 5.39. The highest BCUT2D eigenvalue weighted by Crippen LogP contribution is 2.15. The molecule has 1 aromatic carbocycles. The van der Waals surface area contributed by atoms with E-state index in [2.05, 4.69) is 0 Å². The zero-order valence-corrected chi connectivity index (χ0v) is 12.9. The molecule has 1 heterocycles. The highest BCUT2D eigenvalue weighted by molar-refractivity contribution is 6.67. The van der Waals surface area contributed by atoms with Gasteiger partial charge in [-0.25, -0.2) is 4.39 Å². The van der Waals surface area contributed by atoms with E-state index in [4.69, 9.17) is 14.1 Å². The lowest BCUT2D eigenvalue weighted by Crippen LogP contribution is -2.36. The van der Waals surface area contributed by atoms with E-state index in [-0.39, 0.29) is 19.0 Å². The summed E-state index contributed by atoms with van der Waals surface area (Å²) in [7, 11) is 0. The summed E-state index contributed by atoms with van der Waals surface area (Å²) >= 11 is 0. The van der Waals surface area contributed by atoms with Crippen molar-refractivity contribution < 1.29 is 18.5 Å². The Morgan fingerprint density at radius 2 is 2.14 bits per heavy atom. The highest BCUT2D eigenvalue weighted by Gasteiger charge is 2.23. The molecule has 116 valence electrons. The molecule has 1 aliphatic rings. The molecule has 0 aliphatic carbocycles. The molecule has 1 atom stereocenters. The molecule has 0 spiro atoms. The van der Waals surface area contributed by atoms with Crippen molar-refractivity contribution in [1.82, 2.24) is 0 Å². The van der Waals surface area contributed by atoms with Crippen molar-refractivity contribution in [2.75, 3.05) is 13.2 Å². The van der Waals surface area contributed by atoms with Gasteiger partial charge in [-0.3, -0.25) is 0 Å². The van der Waals surface area contributed by atoms with Gasteiger partial charge in [-0.15, -0.1) is 0 Å². The molecule has 1 aliphatic heterocycles. The smallest absolute Gasteiger partial charge is 0.326 e. The fraction of sp³-hybridized carbons (Fsp3) is 0.625. The van der Waals surface area contributed by atoms with Crippen LogP contribution in [-0.4, -0.2) is 26.4 Å². The molecular weight excluding hydrogens is 270 g/mol. The molecule has 1 aromatic rings. The Morgan fingerprint density at radius 3 is 2.95 bits per heavy atom. The van der Waals surface area contributed by atoms with Crippen LogP contribution in [0.5, 0.6) is 0 Å². The average Bonchev–Trinajstić information content (AvgIpc) is 2.74. The summed E-state index contributed by atoms with van der Waals surface area (Å²) < 4.78 is 30.4. The summed E-state index contributed by atoms with van der Waals surface area (Å²) in [5.41, 5.74) is 1.90. The summed E-state index contributed by atoms with van der Waals surface area (Å²) in [4.78, 5) is 0. The van der Waals surface area contributed by atoms with Gasteiger partial charge < -0.3 is 14.1 Å². The Morgan fingerprint density at radius 1 is 1.29 bits per heavy atom. The second kappa shape index (κ2) is 8.52. The van der Waals surface area contributed by atoms with Crippen molar-refractivity contribution in [3.05, 3.63) is 29.6 Å². The molecule has 0 bridgehead atoms. The summed E-state index contributed by atoms with van der Waals surface area (Å²) in [5, 5.41) is 0. The van der Waals surface area contributed by atoms with Gasteiger partial charge in [0.05, 0.1) is 6.61 Å². The first kappa shape index (κ1) is 16.5. The molecular formula is C16H24BFO3. The zero-order chi connectivity index (χ0) is 15.1. The molecule has 2 rings (SSSR count). The van der Waals surface area contributed by atoms with Crippen LogP contribution in [0.2, 0.25) is 6.32 Å². The van der Waals surface area contributed by atoms with Gasteiger partial charge in [0, 0.05) is 13.2 Å². The van der Waals surface area contributed by atoms with Gasteiger partial charge >= 0.3 is 6.92 Å². The van der Waals surface area contributed by atoms with Crippen LogP contribution in [0.3, 0.4) is 0 Å². The number of hydrogen-bond acceptors (Lipinski definition) is 3. The first-order valence-corrected chi connectivity index (χ1v) is 7.84. The molecule has 1 saturated heterocycles. The van der Waals surface area contributed by atoms with E-state index in [0.29, 0.717) is 13.2 Å². The number of hydrogen-bond donors (Lipinski definition) is 0. The van der Waals surface area contributed by atoms with Crippen molar-refractivity contribution in [1.29, 1.82) is 0 Å². The topological polar surface area (TPSA) is 27.7 Å². The van der Waals surface area contributed by atoms with E-state index in [0.717, 1.165) is 36.8 Å². The van der Waals surface area contributed by atoms with Crippen LogP contribution in [0.15, 0.2) is 18.2 Å². The lowest BCUT2D eigenvalue weighted by Gasteiger charge is -2.18. The van der Waals surface area contributed by atoms with Gasteiger partial charge in [-0.2, -0.15) is 0 Å². The Labute approximate surface area is 126 Å². The summed E-state index contributed by atoms with van der Waals surface area (Å²) in [5.74, 6) is -0.241. The minimum atomic E-state index is -0.291. The van der Waals surface area contributed by atoms with Crippen molar-refractivity contribution in [3.63, 3.8) is 0 Å². The number of benzene rings is 1. The van der Waals surface area contributed by atoms with E-state index in [1.807, 2.05) is 19.9 Å². The normalized spacial score (nSPS) is 17.6. The van der Waals surface area contributed by atoms with E-state index >= 15 is 0 Å². The van der Waals surface area contributed by atoms with Crippen LogP contribution in [0.4, 0.5) is 4.39 Å². The largest absolute Gasteiger partial charge is 0.431 e. The molecule has 21 heavy (non-hydrogen) atoms. The van der Waals surface area contributed by atoms with E-state index in [1.54, 1.807) is 6.07 Å². The average molecular weight is 294 g/mol. The fourth-order valence-corrected chi connectivity index (χ4v) is 2.67. The maximum atomic E-state index is 13.5. The number of rotatable bonds is 6. The van der Waals surface area contributed by atoms with Crippen LogP contribution in [0.1, 0.15) is 38.7 Å². The maximum Gasteiger partial charge on any atom is 0.326 e. The van der Waals surface area contributed by atoms with Crippen molar-refractivity contribution >= 4 is 12.4 Å². The number of ether oxygens (including phenoxy) is 2. The van der Waals surface area contributed by atoms with Crippen LogP contribution in [0, 0.1) is 5.82 Å². The van der Waals surface area contributed by atoms with Crippen LogP contribution in [-0.2, 0) is 20.7 Å². The molecule has 1 fully saturated rings. The van der Waals surface area contributed by atoms with Crippen molar-refractivity contribution in [2.45, 2.75) is 52.3 Å². The van der Waals surface area contributed by atoms with Crippen LogP contribution in [0.25, 0.3) is 0 Å². The molecule has 0 saturated carbocycles. The molecule has 0 N–H and O–H groups in total. The molecule has 5 heteroatoms. The quantitative estimate of drug-likeness (QED) is 0.596. The predicted octanol–water partition coefficient (Wildman–Crippen LogP) is 3.12. The Bertz CT molecular complexity index is 434. The monoisotopic (exact) mass is 294 g/mol. The lowest BCUT2D eigenvalue weighted by molar-refractivity contribution is -0.134. The molecule has 3 nitrogen and oxygen atoms in total. The fourth-order valence-electron chi connectivity index (χ4n) is 2.67. The lowest BCUT2D eigenvalue weighted by atomic mass is 9.56. The van der Waals surface area contributed by atoms with Gasteiger partial charge in [0.15, 0.2) is 6.29 Å². The van der Waals surface area contributed by atoms with E-state index in [9.17, 15) is 4.39 Å². The first-order valence-electron chi connectivity index (χ1n) is 7.84.